The minimum absolute atomic E-state index is 0.119. The molecular weight excluding hydrogens is 969 g/mol. The van der Waals surface area contributed by atoms with E-state index < -0.39 is 35.7 Å². The summed E-state index contributed by atoms with van der Waals surface area (Å²) in [4.78, 5) is 45.0. The smallest absolute Gasteiger partial charge is 0.306 e. The average Bonchev–Trinajstić information content (AvgIpc) is 3.27. The fourth-order valence-corrected chi connectivity index (χ4v) is 8.74. The van der Waals surface area contributed by atoms with Crippen molar-refractivity contribution in [3.8, 4) is 23.0 Å². The first-order chi connectivity index (χ1) is 34.8. The van der Waals surface area contributed by atoms with Crippen LogP contribution in [0.5, 0.6) is 23.0 Å². The molecule has 0 radical (unpaired) electrons. The number of aryl methyl sites for hydroxylation is 6. The van der Waals surface area contributed by atoms with Crippen molar-refractivity contribution >= 4 is 23.9 Å². The van der Waals surface area contributed by atoms with Crippen LogP contribution in [0.4, 0.5) is 0 Å². The fourth-order valence-electron chi connectivity index (χ4n) is 8.74. The number of aliphatic carboxylic acids is 4. The maximum absolute atomic E-state index is 11.9. The van der Waals surface area contributed by atoms with Gasteiger partial charge in [-0.25, -0.2) is 0 Å². The number of phenolic OH excluding ortho intramolecular Hbond substituents is 4. The van der Waals surface area contributed by atoms with Crippen LogP contribution >= 0.6 is 0 Å². The molecule has 8 N–H and O–H groups in total. The second-order valence-electron chi connectivity index (χ2n) is 24.3. The van der Waals surface area contributed by atoms with E-state index in [9.17, 15) is 49.8 Å². The van der Waals surface area contributed by atoms with Crippen LogP contribution in [0.15, 0.2) is 48.5 Å². The van der Waals surface area contributed by atoms with Crippen LogP contribution < -0.4 is 0 Å². The Hall–Kier alpha value is -6.12. The molecule has 14 nitrogen and oxygen atoms in total. The Morgan fingerprint density at radius 2 is 0.711 bits per heavy atom. The third-order valence-corrected chi connectivity index (χ3v) is 13.1. The second-order valence-corrected chi connectivity index (χ2v) is 24.3. The summed E-state index contributed by atoms with van der Waals surface area (Å²) in [5, 5.41) is 78.5. The highest BCUT2D eigenvalue weighted by molar-refractivity contribution is 5.71. The van der Waals surface area contributed by atoms with E-state index in [0.29, 0.717) is 35.5 Å². The molecule has 2 atom stereocenters. The topological polar surface area (TPSA) is 249 Å². The number of aromatic hydroxyl groups is 4. The van der Waals surface area contributed by atoms with Gasteiger partial charge in [0.05, 0.1) is 25.0 Å². The summed E-state index contributed by atoms with van der Waals surface area (Å²) in [6.07, 6.45) is 2.21. The Bertz CT molecular complexity index is 2420. The first-order valence-electron chi connectivity index (χ1n) is 26.2. The highest BCUT2D eigenvalue weighted by Gasteiger charge is 2.27. The van der Waals surface area contributed by atoms with Crippen LogP contribution in [0, 0.1) is 39.5 Å². The van der Waals surface area contributed by atoms with E-state index in [1.165, 1.54) is 0 Å². The van der Waals surface area contributed by atoms with Crippen molar-refractivity contribution in [2.45, 2.75) is 184 Å². The molecule has 2 unspecified atom stereocenters. The molecule has 0 amide bonds. The summed E-state index contributed by atoms with van der Waals surface area (Å²) in [6, 6.07) is 15.1. The largest absolute Gasteiger partial charge is 0.507 e. The predicted molar refractivity (Wildman–Crippen MR) is 299 cm³/mol. The lowest BCUT2D eigenvalue weighted by molar-refractivity contribution is -0.143. The number of carboxylic acids is 4. The summed E-state index contributed by atoms with van der Waals surface area (Å²) in [7, 11) is 0. The van der Waals surface area contributed by atoms with E-state index in [1.807, 2.05) is 159 Å². The molecule has 4 aromatic rings. The lowest BCUT2D eigenvalue weighted by Gasteiger charge is -2.24. The van der Waals surface area contributed by atoms with Gasteiger partial charge < -0.3 is 50.3 Å². The molecule has 0 saturated carbocycles. The maximum Gasteiger partial charge on any atom is 0.306 e. The molecule has 0 saturated heterocycles. The van der Waals surface area contributed by atoms with Crippen molar-refractivity contribution in [2.24, 2.45) is 11.8 Å². The molecule has 0 bridgehead atoms. The number of benzene rings is 4. The molecule has 76 heavy (non-hydrogen) atoms. The predicted octanol–water partition coefficient (Wildman–Crippen LogP) is 12.3. The lowest BCUT2D eigenvalue weighted by Crippen LogP contribution is -2.21. The average molecular weight is 1060 g/mol. The number of ether oxygens (including phenoxy) is 2. The number of phenols is 4. The van der Waals surface area contributed by atoms with Crippen molar-refractivity contribution in [3.63, 3.8) is 0 Å². The van der Waals surface area contributed by atoms with Crippen LogP contribution in [0.25, 0.3) is 0 Å². The van der Waals surface area contributed by atoms with Gasteiger partial charge in [0.25, 0.3) is 0 Å². The van der Waals surface area contributed by atoms with E-state index >= 15 is 0 Å². The molecule has 0 heterocycles. The Labute approximate surface area is 452 Å². The van der Waals surface area contributed by atoms with Crippen molar-refractivity contribution in [3.05, 3.63) is 115 Å². The standard InChI is InChI=1S/C34H50O8.2C14H20O3/c1-21-15-25(29(35)27(17-21)33(3,4)5)19-23(31(37)38)9-11-41-13-14-42-12-10-24(32(39)40)20-26-16-22(2)18-28(30(26)36)34(6,7)8;2*1-9-7-10(5-6-12(15)16)8-11(13(9)17)14(2,3)4/h15-18,23-24,35-36H,9-14,19-20H2,1-8H3,(H,37,38)(H,39,40);2*7-8,17H,5-6H2,1-4H3,(H,15,16). The number of rotatable bonds is 21. The minimum Gasteiger partial charge on any atom is -0.507 e. The van der Waals surface area contributed by atoms with Crippen LogP contribution in [0.3, 0.4) is 0 Å². The number of hydrogen-bond acceptors (Lipinski definition) is 10. The van der Waals surface area contributed by atoms with Crippen molar-refractivity contribution in [1.82, 2.24) is 0 Å². The zero-order valence-corrected chi connectivity index (χ0v) is 48.3. The van der Waals surface area contributed by atoms with E-state index in [2.05, 4.69) is 0 Å². The quantitative estimate of drug-likeness (QED) is 0.0362. The molecule has 0 fully saturated rings. The van der Waals surface area contributed by atoms with Gasteiger partial charge in [-0.1, -0.05) is 143 Å². The van der Waals surface area contributed by atoms with Crippen molar-refractivity contribution < 1.29 is 69.5 Å². The molecule has 0 spiro atoms. The van der Waals surface area contributed by atoms with E-state index in [4.69, 9.17) is 19.7 Å². The van der Waals surface area contributed by atoms with Crippen molar-refractivity contribution in [2.75, 3.05) is 26.4 Å². The van der Waals surface area contributed by atoms with Gasteiger partial charge in [-0.15, -0.1) is 0 Å². The first kappa shape index (κ1) is 66.0. The molecule has 4 aromatic carbocycles. The maximum atomic E-state index is 11.9. The second kappa shape index (κ2) is 28.3. The highest BCUT2D eigenvalue weighted by atomic mass is 16.5. The van der Waals surface area contributed by atoms with Gasteiger partial charge in [-0.05, 0) is 144 Å². The zero-order chi connectivity index (χ0) is 58.3. The summed E-state index contributed by atoms with van der Waals surface area (Å²) >= 11 is 0. The molecule has 0 aliphatic rings. The van der Waals surface area contributed by atoms with Crippen LogP contribution in [-0.2, 0) is 76.0 Å². The third-order valence-electron chi connectivity index (χ3n) is 13.1. The SMILES string of the molecule is Cc1cc(CC(CCOCCOCCC(Cc2cc(C)cc(C(C)(C)C)c2O)C(=O)O)C(=O)O)c(O)c(C(C)(C)C)c1.Cc1cc(CCC(=O)O)cc(C(C)(C)C)c1O.Cc1cc(CCC(=O)O)cc(C(C)(C)C)c1O. The normalized spacial score (nSPS) is 12.7. The van der Waals surface area contributed by atoms with Crippen LogP contribution in [-0.4, -0.2) is 91.2 Å². The third kappa shape index (κ3) is 21.5. The molecule has 0 aliphatic heterocycles. The monoisotopic (exact) mass is 1060 g/mol. The van der Waals surface area contributed by atoms with Gasteiger partial charge in [-0.3, -0.25) is 19.2 Å². The lowest BCUT2D eigenvalue weighted by atomic mass is 9.82. The van der Waals surface area contributed by atoms with E-state index in [-0.39, 0.29) is 98.1 Å². The molecule has 422 valence electrons. The van der Waals surface area contributed by atoms with E-state index in [0.717, 1.165) is 55.6 Å². The molecule has 4 rings (SSSR count). The van der Waals surface area contributed by atoms with Gasteiger partial charge in [0.15, 0.2) is 0 Å². The molecule has 0 aromatic heterocycles. The van der Waals surface area contributed by atoms with Gasteiger partial charge >= 0.3 is 23.9 Å². The summed E-state index contributed by atoms with van der Waals surface area (Å²) < 4.78 is 11.2. The van der Waals surface area contributed by atoms with Gasteiger partial charge in [-0.2, -0.15) is 0 Å². The van der Waals surface area contributed by atoms with Crippen LogP contribution in [0.1, 0.15) is 176 Å². The fraction of sp³-hybridized carbons (Fsp3) is 0.548. The highest BCUT2D eigenvalue weighted by Crippen LogP contribution is 2.39. The Morgan fingerprint density at radius 3 is 0.974 bits per heavy atom. The Balaban J connectivity index is 0.000000473. The number of carboxylic acid groups (broad SMARTS) is 4. The number of carbonyl (C=O) groups is 4. The van der Waals surface area contributed by atoms with Gasteiger partial charge in [0.1, 0.15) is 23.0 Å². The van der Waals surface area contributed by atoms with Crippen molar-refractivity contribution in [1.29, 1.82) is 0 Å². The summed E-state index contributed by atoms with van der Waals surface area (Å²) in [5.41, 5.74) is 9.24. The van der Waals surface area contributed by atoms with Gasteiger partial charge in [0, 0.05) is 26.1 Å². The molecular formula is C62H90O14. The summed E-state index contributed by atoms with van der Waals surface area (Å²) in [6.45, 7) is 32.7. The first-order valence-corrected chi connectivity index (χ1v) is 26.2. The van der Waals surface area contributed by atoms with Crippen LogP contribution in [0.2, 0.25) is 0 Å². The molecule has 14 heteroatoms. The zero-order valence-electron chi connectivity index (χ0n) is 48.3. The van der Waals surface area contributed by atoms with E-state index in [1.54, 1.807) is 0 Å². The summed E-state index contributed by atoms with van der Waals surface area (Å²) in [5.74, 6) is -3.96. The van der Waals surface area contributed by atoms with Gasteiger partial charge in [0.2, 0.25) is 0 Å². The molecule has 0 aliphatic carbocycles. The minimum atomic E-state index is -0.943. The Morgan fingerprint density at radius 1 is 0.421 bits per heavy atom. The number of hydrogen-bond donors (Lipinski definition) is 8. The Kier molecular flexibility index (Phi) is 24.6.